The molecule has 2 rings (SSSR count). The predicted octanol–water partition coefficient (Wildman–Crippen LogP) is 2.62. The monoisotopic (exact) mass is 335 g/mol. The second kappa shape index (κ2) is 5.61. The Labute approximate surface area is 113 Å². The quantitative estimate of drug-likeness (QED) is 0.794. The van der Waals surface area contributed by atoms with Gasteiger partial charge in [0.25, 0.3) is 5.22 Å². The van der Waals surface area contributed by atoms with E-state index in [0.29, 0.717) is 0 Å². The Hall–Kier alpha value is -0.930. The van der Waals surface area contributed by atoms with Crippen LogP contribution in [0.1, 0.15) is 17.6 Å². The summed E-state index contributed by atoms with van der Waals surface area (Å²) in [6, 6.07) is 0. The summed E-state index contributed by atoms with van der Waals surface area (Å²) in [4.78, 5) is 15.4. The molecule has 0 aromatic carbocycles. The minimum Gasteiger partial charge on any atom is -0.459 e. The molecule has 6 nitrogen and oxygen atoms in total. The molecule has 0 amide bonds. The molecule has 0 aliphatic carbocycles. The number of nitrogens with zero attached hydrogens (tertiary/aromatic N) is 3. The van der Waals surface area contributed by atoms with E-state index in [-0.39, 0.29) is 17.7 Å². The lowest BCUT2D eigenvalue weighted by Crippen LogP contribution is -2.04. The Morgan fingerprint density at radius 1 is 1.65 bits per heavy atom. The van der Waals surface area contributed by atoms with Gasteiger partial charge in [-0.15, -0.1) is 16.4 Å². The van der Waals surface area contributed by atoms with E-state index in [0.717, 1.165) is 8.94 Å². The van der Waals surface area contributed by atoms with Gasteiger partial charge in [0, 0.05) is 17.1 Å². The lowest BCUT2D eigenvalue weighted by Gasteiger charge is -1.93. The van der Waals surface area contributed by atoms with Crippen LogP contribution in [0.3, 0.4) is 0 Å². The zero-order valence-electron chi connectivity index (χ0n) is 8.55. The Bertz CT molecular complexity index is 528. The van der Waals surface area contributed by atoms with Crippen molar-refractivity contribution in [2.45, 2.75) is 16.5 Å². The summed E-state index contributed by atoms with van der Waals surface area (Å²) >= 11 is 5.87. The van der Waals surface area contributed by atoms with E-state index < -0.39 is 5.97 Å². The Balaban J connectivity index is 2.06. The van der Waals surface area contributed by atoms with Crippen LogP contribution in [0.15, 0.2) is 24.0 Å². The van der Waals surface area contributed by atoms with Crippen molar-refractivity contribution in [2.75, 3.05) is 6.61 Å². The number of hydrogen-bond donors (Lipinski definition) is 0. The van der Waals surface area contributed by atoms with Crippen LogP contribution in [-0.4, -0.2) is 27.8 Å². The van der Waals surface area contributed by atoms with Crippen LogP contribution in [-0.2, 0) is 4.74 Å². The number of halogens is 1. The summed E-state index contributed by atoms with van der Waals surface area (Å²) in [6.07, 6.45) is 0. The summed E-state index contributed by atoms with van der Waals surface area (Å²) in [5, 5.41) is 9.41. The molecular formula is C8H6BrN3O3S2. The maximum Gasteiger partial charge on any atom is 0.396 e. The Morgan fingerprint density at radius 3 is 3.12 bits per heavy atom. The first-order valence-corrected chi connectivity index (χ1v) is 6.97. The van der Waals surface area contributed by atoms with Crippen molar-refractivity contribution < 1.29 is 13.9 Å². The minimum absolute atomic E-state index is 0.148. The molecule has 0 radical (unpaired) electrons. The van der Waals surface area contributed by atoms with Crippen LogP contribution in [0, 0.1) is 0 Å². The topological polar surface area (TPSA) is 78.1 Å². The highest BCUT2D eigenvalue weighted by Crippen LogP contribution is 2.30. The molecular weight excluding hydrogens is 330 g/mol. The van der Waals surface area contributed by atoms with Crippen LogP contribution in [0.2, 0.25) is 0 Å². The Kier molecular flexibility index (Phi) is 4.13. The first kappa shape index (κ1) is 12.5. The van der Waals surface area contributed by atoms with Crippen molar-refractivity contribution in [2.24, 2.45) is 0 Å². The number of aromatic nitrogens is 3. The molecule has 2 aromatic rings. The highest BCUT2D eigenvalue weighted by Gasteiger charge is 2.17. The van der Waals surface area contributed by atoms with Gasteiger partial charge in [-0.25, -0.2) is 9.78 Å². The maximum atomic E-state index is 11.3. The van der Waals surface area contributed by atoms with Crippen molar-refractivity contribution >= 4 is 45.0 Å². The fraction of sp³-hybridized carbons (Fsp3) is 0.250. The Morgan fingerprint density at radius 2 is 2.47 bits per heavy atom. The van der Waals surface area contributed by atoms with Gasteiger partial charge in [-0.3, -0.25) is 0 Å². The number of carbonyl (C=O) groups excluding carboxylic acids is 1. The molecule has 0 saturated heterocycles. The number of rotatable bonds is 4. The summed E-state index contributed by atoms with van der Waals surface area (Å²) in [5.41, 5.74) is 0. The zero-order valence-corrected chi connectivity index (χ0v) is 11.8. The summed E-state index contributed by atoms with van der Waals surface area (Å²) < 4.78 is 11.4. The van der Waals surface area contributed by atoms with Crippen molar-refractivity contribution in [3.8, 4) is 0 Å². The number of thiazole rings is 1. The number of hydrogen-bond acceptors (Lipinski definition) is 8. The van der Waals surface area contributed by atoms with Crippen molar-refractivity contribution in [3.05, 3.63) is 15.9 Å². The summed E-state index contributed by atoms with van der Waals surface area (Å²) in [7, 11) is 0. The molecule has 0 spiro atoms. The van der Waals surface area contributed by atoms with E-state index in [1.165, 1.54) is 23.1 Å². The molecule has 0 bridgehead atoms. The molecule has 0 atom stereocenters. The smallest absolute Gasteiger partial charge is 0.396 e. The van der Waals surface area contributed by atoms with E-state index in [2.05, 4.69) is 31.1 Å². The average Bonchev–Trinajstić information content (AvgIpc) is 2.89. The van der Waals surface area contributed by atoms with Gasteiger partial charge in [-0.2, -0.15) is 0 Å². The van der Waals surface area contributed by atoms with Gasteiger partial charge >= 0.3 is 11.9 Å². The molecule has 17 heavy (non-hydrogen) atoms. The molecule has 0 unspecified atom stereocenters. The van der Waals surface area contributed by atoms with Gasteiger partial charge in [-0.05, 0) is 22.9 Å². The van der Waals surface area contributed by atoms with Crippen LogP contribution < -0.4 is 0 Å². The first-order valence-electron chi connectivity index (χ1n) is 4.48. The normalized spacial score (nSPS) is 10.5. The first-order chi connectivity index (χ1) is 8.19. The van der Waals surface area contributed by atoms with Gasteiger partial charge in [0.1, 0.15) is 4.60 Å². The van der Waals surface area contributed by atoms with Gasteiger partial charge in [0.05, 0.1) is 6.61 Å². The fourth-order valence-corrected chi connectivity index (χ4v) is 3.03. The molecule has 2 aromatic heterocycles. The van der Waals surface area contributed by atoms with Crippen molar-refractivity contribution in [1.29, 1.82) is 0 Å². The van der Waals surface area contributed by atoms with Gasteiger partial charge in [0.2, 0.25) is 0 Å². The minimum atomic E-state index is -0.618. The lowest BCUT2D eigenvalue weighted by molar-refractivity contribution is 0.0475. The molecule has 90 valence electrons. The largest absolute Gasteiger partial charge is 0.459 e. The maximum absolute atomic E-state index is 11.3. The lowest BCUT2D eigenvalue weighted by atomic mass is 10.7. The third-order valence-corrected chi connectivity index (χ3v) is 3.97. The van der Waals surface area contributed by atoms with Crippen LogP contribution >= 0.6 is 39.0 Å². The van der Waals surface area contributed by atoms with E-state index in [1.807, 2.05) is 5.38 Å². The summed E-state index contributed by atoms with van der Waals surface area (Å²) in [5.74, 6) is -0.767. The highest BCUT2D eigenvalue weighted by molar-refractivity contribution is 9.10. The molecule has 0 aliphatic rings. The molecule has 0 fully saturated rings. The van der Waals surface area contributed by atoms with Crippen LogP contribution in [0.4, 0.5) is 0 Å². The molecule has 0 aliphatic heterocycles. The molecule has 2 heterocycles. The average molecular weight is 336 g/mol. The van der Waals surface area contributed by atoms with E-state index in [4.69, 9.17) is 9.15 Å². The summed E-state index contributed by atoms with van der Waals surface area (Å²) in [6.45, 7) is 1.97. The fourth-order valence-electron chi connectivity index (χ4n) is 0.887. The zero-order chi connectivity index (χ0) is 12.3. The van der Waals surface area contributed by atoms with Gasteiger partial charge in [-0.1, -0.05) is 5.10 Å². The standard InChI is InChI=1S/C8H6BrN3O3S2/c1-2-14-6(13)5-11-12-7(15-5)17-8-10-4(9)3-16-8/h3H,2H2,1H3. The van der Waals surface area contributed by atoms with E-state index >= 15 is 0 Å². The van der Waals surface area contributed by atoms with Crippen molar-refractivity contribution in [1.82, 2.24) is 15.2 Å². The third-order valence-electron chi connectivity index (χ3n) is 1.49. The van der Waals surface area contributed by atoms with Gasteiger partial charge in [0.15, 0.2) is 4.34 Å². The predicted molar refractivity (Wildman–Crippen MR) is 64.2 cm³/mol. The number of esters is 1. The molecule has 0 saturated carbocycles. The van der Waals surface area contributed by atoms with Crippen molar-refractivity contribution in [3.63, 3.8) is 0 Å². The number of carbonyl (C=O) groups is 1. The number of ether oxygens (including phenoxy) is 1. The van der Waals surface area contributed by atoms with Gasteiger partial charge < -0.3 is 9.15 Å². The van der Waals surface area contributed by atoms with Crippen LogP contribution in [0.25, 0.3) is 0 Å². The highest BCUT2D eigenvalue weighted by atomic mass is 79.9. The third kappa shape index (κ3) is 3.27. The second-order valence-electron chi connectivity index (χ2n) is 2.63. The van der Waals surface area contributed by atoms with E-state index in [9.17, 15) is 4.79 Å². The SMILES string of the molecule is CCOC(=O)c1nnc(Sc2nc(Br)cs2)o1. The molecule has 0 N–H and O–H groups in total. The van der Waals surface area contributed by atoms with E-state index in [1.54, 1.807) is 6.92 Å². The van der Waals surface area contributed by atoms with Crippen LogP contribution in [0.5, 0.6) is 0 Å². The second-order valence-corrected chi connectivity index (χ2v) is 5.50. The molecule has 9 heteroatoms.